The van der Waals surface area contributed by atoms with E-state index in [0.29, 0.717) is 6.42 Å². The predicted octanol–water partition coefficient (Wildman–Crippen LogP) is 2.00. The van der Waals surface area contributed by atoms with Gasteiger partial charge in [-0.1, -0.05) is 18.2 Å². The second-order valence-electron chi connectivity index (χ2n) is 5.46. The Kier molecular flexibility index (Phi) is 4.51. The van der Waals surface area contributed by atoms with Gasteiger partial charge >= 0.3 is 0 Å². The average Bonchev–Trinajstić information content (AvgIpc) is 2.74. The first kappa shape index (κ1) is 14.5. The van der Waals surface area contributed by atoms with Crippen molar-refractivity contribution in [2.75, 3.05) is 24.6 Å². The number of aromatic amines is 1. The van der Waals surface area contributed by atoms with Crippen molar-refractivity contribution >= 4 is 28.6 Å². The van der Waals surface area contributed by atoms with Gasteiger partial charge in [-0.05, 0) is 30.2 Å². The smallest absolute Gasteiger partial charge is 0.239 e. The minimum absolute atomic E-state index is 0.0859. The van der Waals surface area contributed by atoms with Gasteiger partial charge in [0.2, 0.25) is 5.91 Å². The lowest BCUT2D eigenvalue weighted by molar-refractivity contribution is -0.132. The zero-order chi connectivity index (χ0) is 14.7. The molecule has 0 saturated carbocycles. The van der Waals surface area contributed by atoms with Gasteiger partial charge in [0, 0.05) is 35.9 Å². The summed E-state index contributed by atoms with van der Waals surface area (Å²) in [6, 6.07) is 7.67. The highest BCUT2D eigenvalue weighted by Gasteiger charge is 2.22. The van der Waals surface area contributed by atoms with Gasteiger partial charge < -0.3 is 15.6 Å². The van der Waals surface area contributed by atoms with E-state index in [9.17, 15) is 4.79 Å². The van der Waals surface area contributed by atoms with Crippen LogP contribution in [0.5, 0.6) is 0 Å². The molecule has 1 atom stereocenters. The molecule has 1 aliphatic heterocycles. The average molecular weight is 303 g/mol. The number of nitrogens with two attached hydrogens (primary N) is 1. The van der Waals surface area contributed by atoms with Crippen molar-refractivity contribution in [3.63, 3.8) is 0 Å². The first-order valence-corrected chi connectivity index (χ1v) is 8.58. The fourth-order valence-electron chi connectivity index (χ4n) is 2.83. The second-order valence-corrected chi connectivity index (χ2v) is 6.69. The van der Waals surface area contributed by atoms with Crippen LogP contribution >= 0.6 is 11.8 Å². The molecule has 3 N–H and O–H groups in total. The van der Waals surface area contributed by atoms with Gasteiger partial charge in [0.25, 0.3) is 0 Å². The molecule has 0 bridgehead atoms. The Morgan fingerprint density at radius 1 is 1.33 bits per heavy atom. The lowest BCUT2D eigenvalue weighted by Gasteiger charge is -2.23. The molecule has 3 rings (SSSR count). The lowest BCUT2D eigenvalue weighted by atomic mass is 10.0. The summed E-state index contributed by atoms with van der Waals surface area (Å²) in [6.07, 6.45) is 3.62. The van der Waals surface area contributed by atoms with Gasteiger partial charge in [0.15, 0.2) is 0 Å². The number of H-pyrrole nitrogens is 1. The summed E-state index contributed by atoms with van der Waals surface area (Å²) in [7, 11) is 0. The molecular formula is C16H21N3OS. The number of aromatic nitrogens is 1. The Hall–Kier alpha value is -1.46. The zero-order valence-corrected chi connectivity index (χ0v) is 12.9. The van der Waals surface area contributed by atoms with Crippen LogP contribution in [0.1, 0.15) is 12.0 Å². The van der Waals surface area contributed by atoms with E-state index in [0.717, 1.165) is 47.5 Å². The number of nitrogens with one attached hydrogen (secondary N) is 1. The predicted molar refractivity (Wildman–Crippen MR) is 88.5 cm³/mol. The van der Waals surface area contributed by atoms with E-state index in [1.807, 2.05) is 41.1 Å². The molecule has 2 heterocycles. The van der Waals surface area contributed by atoms with Crippen LogP contribution in [0.2, 0.25) is 0 Å². The van der Waals surface area contributed by atoms with Gasteiger partial charge in [-0.25, -0.2) is 0 Å². The third kappa shape index (κ3) is 3.24. The number of thioether (sulfide) groups is 1. The molecule has 0 unspecified atom stereocenters. The Labute approximate surface area is 129 Å². The maximum absolute atomic E-state index is 12.5. The van der Waals surface area contributed by atoms with Crippen molar-refractivity contribution in [1.82, 2.24) is 9.88 Å². The second kappa shape index (κ2) is 6.54. The zero-order valence-electron chi connectivity index (χ0n) is 12.0. The van der Waals surface area contributed by atoms with Crippen LogP contribution in [-0.4, -0.2) is 46.4 Å². The summed E-state index contributed by atoms with van der Waals surface area (Å²) in [5.74, 6) is 2.25. The van der Waals surface area contributed by atoms with Gasteiger partial charge in [-0.15, -0.1) is 0 Å². The molecule has 21 heavy (non-hydrogen) atoms. The fourth-order valence-corrected chi connectivity index (χ4v) is 3.71. The SMILES string of the molecule is N[C@H](Cc1c[nH]c2ccccc12)C(=O)N1CCCSCC1. The van der Waals surface area contributed by atoms with Crippen molar-refractivity contribution in [2.24, 2.45) is 5.73 Å². The van der Waals surface area contributed by atoms with Crippen LogP contribution in [0.4, 0.5) is 0 Å². The number of para-hydroxylation sites is 1. The summed E-state index contributed by atoms with van der Waals surface area (Å²) in [5.41, 5.74) is 8.39. The van der Waals surface area contributed by atoms with Crippen molar-refractivity contribution < 1.29 is 4.79 Å². The summed E-state index contributed by atoms with van der Waals surface area (Å²) < 4.78 is 0. The molecule has 1 amide bonds. The Morgan fingerprint density at radius 3 is 3.10 bits per heavy atom. The highest BCUT2D eigenvalue weighted by atomic mass is 32.2. The number of nitrogens with zero attached hydrogens (tertiary/aromatic N) is 1. The lowest BCUT2D eigenvalue weighted by Crippen LogP contribution is -2.45. The minimum atomic E-state index is -0.452. The Morgan fingerprint density at radius 2 is 2.19 bits per heavy atom. The van der Waals surface area contributed by atoms with Crippen molar-refractivity contribution in [1.29, 1.82) is 0 Å². The maximum Gasteiger partial charge on any atom is 0.239 e. The highest BCUT2D eigenvalue weighted by Crippen LogP contribution is 2.19. The first-order chi connectivity index (χ1) is 10.3. The third-order valence-corrected chi connectivity index (χ3v) is 5.01. The molecule has 1 aromatic heterocycles. The summed E-state index contributed by atoms with van der Waals surface area (Å²) in [5, 5.41) is 1.16. The van der Waals surface area contributed by atoms with Crippen LogP contribution in [0, 0.1) is 0 Å². The van der Waals surface area contributed by atoms with Crippen molar-refractivity contribution in [2.45, 2.75) is 18.9 Å². The van der Waals surface area contributed by atoms with E-state index in [2.05, 4.69) is 11.1 Å². The van der Waals surface area contributed by atoms with Crippen LogP contribution in [0.15, 0.2) is 30.5 Å². The van der Waals surface area contributed by atoms with E-state index >= 15 is 0 Å². The Bertz CT molecular complexity index is 617. The van der Waals surface area contributed by atoms with Crippen LogP contribution in [0.25, 0.3) is 10.9 Å². The molecule has 2 aromatic rings. The molecule has 0 spiro atoms. The molecule has 1 aliphatic rings. The van der Waals surface area contributed by atoms with Crippen molar-refractivity contribution in [3.05, 3.63) is 36.0 Å². The van der Waals surface area contributed by atoms with Gasteiger partial charge in [-0.2, -0.15) is 11.8 Å². The van der Waals surface area contributed by atoms with E-state index < -0.39 is 6.04 Å². The molecular weight excluding hydrogens is 282 g/mol. The number of rotatable bonds is 3. The standard InChI is InChI=1S/C16H21N3OS/c17-14(16(20)19-6-3-8-21-9-7-19)10-12-11-18-15-5-2-1-4-13(12)15/h1-2,4-5,11,14,18H,3,6-10,17H2/t14-/m1/s1. The summed E-state index contributed by atoms with van der Waals surface area (Å²) in [4.78, 5) is 17.7. The number of fused-ring (bicyclic) bond motifs is 1. The third-order valence-electron chi connectivity index (χ3n) is 3.97. The fraction of sp³-hybridized carbons (Fsp3) is 0.438. The number of hydrogen-bond donors (Lipinski definition) is 2. The molecule has 112 valence electrons. The number of benzene rings is 1. The monoisotopic (exact) mass is 303 g/mol. The van der Waals surface area contributed by atoms with E-state index in [1.54, 1.807) is 0 Å². The normalized spacial score (nSPS) is 17.7. The summed E-state index contributed by atoms with van der Waals surface area (Å²) >= 11 is 1.92. The molecule has 1 fully saturated rings. The molecule has 0 radical (unpaired) electrons. The Balaban J connectivity index is 1.70. The molecule has 5 heteroatoms. The minimum Gasteiger partial charge on any atom is -0.361 e. The quantitative estimate of drug-likeness (QED) is 0.911. The number of carbonyl (C=O) groups excluding carboxylic acids is 1. The summed E-state index contributed by atoms with van der Waals surface area (Å²) in [6.45, 7) is 1.67. The van der Waals surface area contributed by atoms with Crippen LogP contribution in [-0.2, 0) is 11.2 Å². The number of hydrogen-bond acceptors (Lipinski definition) is 3. The highest BCUT2D eigenvalue weighted by molar-refractivity contribution is 7.99. The van der Waals surface area contributed by atoms with Gasteiger partial charge in [0.05, 0.1) is 6.04 Å². The molecule has 0 aliphatic carbocycles. The van der Waals surface area contributed by atoms with Gasteiger partial charge in [-0.3, -0.25) is 4.79 Å². The largest absolute Gasteiger partial charge is 0.361 e. The number of amides is 1. The molecule has 1 aromatic carbocycles. The molecule has 4 nitrogen and oxygen atoms in total. The van der Waals surface area contributed by atoms with E-state index in [-0.39, 0.29) is 5.91 Å². The van der Waals surface area contributed by atoms with E-state index in [1.165, 1.54) is 0 Å². The van der Waals surface area contributed by atoms with Crippen molar-refractivity contribution in [3.8, 4) is 0 Å². The maximum atomic E-state index is 12.5. The first-order valence-electron chi connectivity index (χ1n) is 7.43. The van der Waals surface area contributed by atoms with Crippen LogP contribution in [0.3, 0.4) is 0 Å². The molecule has 1 saturated heterocycles. The number of carbonyl (C=O) groups is 1. The topological polar surface area (TPSA) is 62.1 Å². The van der Waals surface area contributed by atoms with Gasteiger partial charge in [0.1, 0.15) is 0 Å². The van der Waals surface area contributed by atoms with E-state index in [4.69, 9.17) is 5.73 Å². The van der Waals surface area contributed by atoms with Crippen LogP contribution < -0.4 is 5.73 Å².